The number of carbonyl (C=O) groups is 3. The highest BCUT2D eigenvalue weighted by Gasteiger charge is 2.31. The van der Waals surface area contributed by atoms with Crippen LogP contribution in [0.25, 0.3) is 0 Å². The molecule has 1 aliphatic rings. The first-order chi connectivity index (χ1) is 6.65. The Morgan fingerprint density at radius 3 is 2.79 bits per heavy atom. The van der Waals surface area contributed by atoms with E-state index in [1.54, 1.807) is 0 Å². The lowest BCUT2D eigenvalue weighted by atomic mass is 10.4. The third-order valence-corrected chi connectivity index (χ3v) is 2.57. The Morgan fingerprint density at radius 2 is 2.29 bits per heavy atom. The maximum Gasteiger partial charge on any atom is 0.289 e. The van der Waals surface area contributed by atoms with E-state index in [-0.39, 0.29) is 29.4 Å². The molecule has 0 aliphatic carbocycles. The molecule has 0 unspecified atom stereocenters. The molecular weight excluding hydrogens is 204 g/mol. The van der Waals surface area contributed by atoms with Crippen LogP contribution in [0.15, 0.2) is 0 Å². The summed E-state index contributed by atoms with van der Waals surface area (Å²) in [6.45, 7) is 2.36. The molecule has 1 fully saturated rings. The molecule has 1 aliphatic heterocycles. The fourth-order valence-corrected chi connectivity index (χ4v) is 1.72. The van der Waals surface area contributed by atoms with Crippen molar-refractivity contribution in [1.82, 2.24) is 10.2 Å². The Balaban J connectivity index is 2.39. The van der Waals surface area contributed by atoms with Gasteiger partial charge in [-0.2, -0.15) is 0 Å². The van der Waals surface area contributed by atoms with Crippen LogP contribution in [0.4, 0.5) is 4.79 Å². The average molecular weight is 216 g/mol. The molecule has 14 heavy (non-hydrogen) atoms. The molecule has 6 heteroatoms. The summed E-state index contributed by atoms with van der Waals surface area (Å²) < 4.78 is 0. The van der Waals surface area contributed by atoms with Gasteiger partial charge in [-0.3, -0.25) is 19.3 Å². The molecule has 78 valence electrons. The summed E-state index contributed by atoms with van der Waals surface area (Å²) >= 11 is 0.937. The largest absolute Gasteiger partial charge is 0.355 e. The zero-order valence-corrected chi connectivity index (χ0v) is 8.73. The van der Waals surface area contributed by atoms with Crippen LogP contribution in [0.3, 0.4) is 0 Å². The molecule has 1 rings (SSSR count). The molecule has 3 amide bonds. The second-order valence-corrected chi connectivity index (χ2v) is 3.81. The summed E-state index contributed by atoms with van der Waals surface area (Å²) in [6, 6.07) is 0. The molecule has 0 spiro atoms. The third kappa shape index (κ3) is 2.73. The summed E-state index contributed by atoms with van der Waals surface area (Å²) in [7, 11) is 0. The SMILES string of the molecule is CCCNC(=O)CN1C(=O)CSC1=O. The van der Waals surface area contributed by atoms with Crippen molar-refractivity contribution in [3.8, 4) is 0 Å². The Hall–Kier alpha value is -1.04. The van der Waals surface area contributed by atoms with Crippen molar-refractivity contribution >= 4 is 28.8 Å². The lowest BCUT2D eigenvalue weighted by Gasteiger charge is -2.11. The predicted molar refractivity (Wildman–Crippen MR) is 52.9 cm³/mol. The summed E-state index contributed by atoms with van der Waals surface area (Å²) in [5.74, 6) is -0.414. The minimum atomic E-state index is -0.332. The molecular formula is C8H12N2O3S. The van der Waals surface area contributed by atoms with Crippen LogP contribution < -0.4 is 5.32 Å². The number of nitrogens with zero attached hydrogens (tertiary/aromatic N) is 1. The van der Waals surface area contributed by atoms with Gasteiger partial charge in [-0.05, 0) is 6.42 Å². The first-order valence-corrected chi connectivity index (χ1v) is 5.37. The van der Waals surface area contributed by atoms with Gasteiger partial charge < -0.3 is 5.32 Å². The van der Waals surface area contributed by atoms with E-state index in [1.807, 2.05) is 6.92 Å². The van der Waals surface area contributed by atoms with Crippen molar-refractivity contribution in [2.45, 2.75) is 13.3 Å². The van der Waals surface area contributed by atoms with Gasteiger partial charge in [-0.15, -0.1) is 0 Å². The topological polar surface area (TPSA) is 66.5 Å². The lowest BCUT2D eigenvalue weighted by Crippen LogP contribution is -2.39. The van der Waals surface area contributed by atoms with Crippen molar-refractivity contribution in [3.05, 3.63) is 0 Å². The zero-order chi connectivity index (χ0) is 10.6. The van der Waals surface area contributed by atoms with E-state index in [0.29, 0.717) is 6.54 Å². The van der Waals surface area contributed by atoms with Crippen molar-refractivity contribution in [2.75, 3.05) is 18.8 Å². The summed E-state index contributed by atoms with van der Waals surface area (Å²) in [5, 5.41) is 2.27. The molecule has 0 radical (unpaired) electrons. The summed E-state index contributed by atoms with van der Waals surface area (Å²) in [4.78, 5) is 34.3. The maximum absolute atomic E-state index is 11.2. The van der Waals surface area contributed by atoms with E-state index in [9.17, 15) is 14.4 Å². The fourth-order valence-electron chi connectivity index (χ4n) is 0.998. The van der Waals surface area contributed by atoms with Gasteiger partial charge >= 0.3 is 0 Å². The molecule has 0 atom stereocenters. The van der Waals surface area contributed by atoms with Crippen molar-refractivity contribution in [1.29, 1.82) is 0 Å². The Morgan fingerprint density at radius 1 is 1.57 bits per heavy atom. The molecule has 1 N–H and O–H groups in total. The Bertz CT molecular complexity index is 251. The summed E-state index contributed by atoms with van der Waals surface area (Å²) in [5.41, 5.74) is 0. The summed E-state index contributed by atoms with van der Waals surface area (Å²) in [6.07, 6.45) is 0.836. The fraction of sp³-hybridized carbons (Fsp3) is 0.625. The van der Waals surface area contributed by atoms with E-state index in [4.69, 9.17) is 0 Å². The lowest BCUT2D eigenvalue weighted by molar-refractivity contribution is -0.130. The smallest absolute Gasteiger partial charge is 0.289 e. The number of imide groups is 1. The standard InChI is InChI=1S/C8H12N2O3S/c1-2-3-9-6(11)4-10-7(12)5-14-8(10)13/h2-5H2,1H3,(H,9,11). The van der Waals surface area contributed by atoms with E-state index < -0.39 is 0 Å². The van der Waals surface area contributed by atoms with Gasteiger partial charge in [0, 0.05) is 6.54 Å². The van der Waals surface area contributed by atoms with E-state index in [2.05, 4.69) is 5.32 Å². The Labute approximate surface area is 86.2 Å². The first-order valence-electron chi connectivity index (χ1n) is 4.39. The van der Waals surface area contributed by atoms with E-state index >= 15 is 0 Å². The quantitative estimate of drug-likeness (QED) is 0.729. The molecule has 5 nitrogen and oxygen atoms in total. The minimum Gasteiger partial charge on any atom is -0.355 e. The molecule has 0 aromatic carbocycles. The zero-order valence-electron chi connectivity index (χ0n) is 7.91. The Kier molecular flexibility index (Phi) is 3.94. The highest BCUT2D eigenvalue weighted by molar-refractivity contribution is 8.14. The highest BCUT2D eigenvalue weighted by Crippen LogP contribution is 2.17. The van der Waals surface area contributed by atoms with Gasteiger partial charge in [0.25, 0.3) is 5.24 Å². The van der Waals surface area contributed by atoms with Crippen LogP contribution in [0.2, 0.25) is 0 Å². The number of hydrogen-bond acceptors (Lipinski definition) is 4. The monoisotopic (exact) mass is 216 g/mol. The maximum atomic E-state index is 11.2. The second kappa shape index (κ2) is 4.99. The molecule has 0 aromatic rings. The van der Waals surface area contributed by atoms with Crippen LogP contribution in [0.1, 0.15) is 13.3 Å². The molecule has 0 bridgehead atoms. The van der Waals surface area contributed by atoms with Gasteiger partial charge in [-0.1, -0.05) is 18.7 Å². The number of thioether (sulfide) groups is 1. The highest BCUT2D eigenvalue weighted by atomic mass is 32.2. The number of nitrogens with one attached hydrogen (secondary N) is 1. The average Bonchev–Trinajstić information content (AvgIpc) is 2.46. The van der Waals surface area contributed by atoms with Crippen LogP contribution in [0.5, 0.6) is 0 Å². The normalized spacial score (nSPS) is 16.2. The van der Waals surface area contributed by atoms with Crippen LogP contribution >= 0.6 is 11.8 Å². The van der Waals surface area contributed by atoms with Crippen LogP contribution in [-0.4, -0.2) is 40.8 Å². The predicted octanol–water partition coefficient (Wildman–Crippen LogP) is 0.208. The van der Waals surface area contributed by atoms with Gasteiger partial charge in [-0.25, -0.2) is 0 Å². The number of amides is 3. The van der Waals surface area contributed by atoms with Gasteiger partial charge in [0.2, 0.25) is 11.8 Å². The van der Waals surface area contributed by atoms with E-state index in [1.165, 1.54) is 0 Å². The first kappa shape index (κ1) is 11.0. The molecule has 1 heterocycles. The van der Waals surface area contributed by atoms with Crippen molar-refractivity contribution in [2.24, 2.45) is 0 Å². The van der Waals surface area contributed by atoms with Gasteiger partial charge in [0.1, 0.15) is 6.54 Å². The van der Waals surface area contributed by atoms with Crippen LogP contribution in [-0.2, 0) is 9.59 Å². The number of carbonyl (C=O) groups excluding carboxylic acids is 3. The number of hydrogen-bond donors (Lipinski definition) is 1. The van der Waals surface area contributed by atoms with Crippen LogP contribution in [0, 0.1) is 0 Å². The van der Waals surface area contributed by atoms with Gasteiger partial charge in [0.15, 0.2) is 0 Å². The molecule has 1 saturated heterocycles. The van der Waals surface area contributed by atoms with Gasteiger partial charge in [0.05, 0.1) is 5.75 Å². The minimum absolute atomic E-state index is 0.148. The third-order valence-electron chi connectivity index (χ3n) is 1.71. The second-order valence-electron chi connectivity index (χ2n) is 2.88. The number of rotatable bonds is 4. The van der Waals surface area contributed by atoms with E-state index in [0.717, 1.165) is 23.1 Å². The molecule has 0 saturated carbocycles. The van der Waals surface area contributed by atoms with Crippen molar-refractivity contribution in [3.63, 3.8) is 0 Å². The van der Waals surface area contributed by atoms with Crippen molar-refractivity contribution < 1.29 is 14.4 Å². The molecule has 0 aromatic heterocycles.